The molecule has 0 unspecified atom stereocenters. The van der Waals surface area contributed by atoms with Crippen LogP contribution in [-0.4, -0.2) is 31.0 Å². The molecule has 0 amide bonds. The molecule has 1 heterocycles. The Balaban J connectivity index is 3.16. The van der Waals surface area contributed by atoms with Crippen molar-refractivity contribution in [3.05, 3.63) is 17.3 Å². The first-order chi connectivity index (χ1) is 9.80. The number of carbonyl (C=O) groups is 1. The van der Waals surface area contributed by atoms with E-state index >= 15 is 0 Å². The van der Waals surface area contributed by atoms with E-state index in [4.69, 9.17) is 21.1 Å². The van der Waals surface area contributed by atoms with Gasteiger partial charge < -0.3 is 14.2 Å². The summed E-state index contributed by atoms with van der Waals surface area (Å²) in [6, 6.07) is 1.02. The second-order valence-electron chi connectivity index (χ2n) is 3.76. The molecule has 118 valence electrons. The van der Waals surface area contributed by atoms with E-state index in [1.165, 1.54) is 7.11 Å². The van der Waals surface area contributed by atoms with Crippen LogP contribution in [0.25, 0.3) is 0 Å². The number of esters is 1. The second kappa shape index (κ2) is 7.35. The molecule has 0 atom stereocenters. The van der Waals surface area contributed by atoms with Gasteiger partial charge in [0.05, 0.1) is 26.0 Å². The van der Waals surface area contributed by atoms with E-state index in [0.29, 0.717) is 0 Å². The highest BCUT2D eigenvalue weighted by Gasteiger charge is 2.33. The zero-order chi connectivity index (χ0) is 16.0. The molecule has 0 radical (unpaired) electrons. The predicted octanol–water partition coefficient (Wildman–Crippen LogP) is 2.83. The summed E-state index contributed by atoms with van der Waals surface area (Å²) in [4.78, 5) is 15.3. The van der Waals surface area contributed by atoms with Crippen molar-refractivity contribution in [2.24, 2.45) is 0 Å². The van der Waals surface area contributed by atoms with Crippen LogP contribution < -0.4 is 9.47 Å². The SMILES string of the molecule is CCOC(=O)Cc1cc(OC(F)(F)F)c(CCl)nc1OC. The van der Waals surface area contributed by atoms with E-state index in [-0.39, 0.29) is 36.0 Å². The third kappa shape index (κ3) is 5.30. The van der Waals surface area contributed by atoms with Gasteiger partial charge in [0.1, 0.15) is 5.69 Å². The molecule has 0 bridgehead atoms. The molecular weight excluding hydrogens is 315 g/mol. The lowest BCUT2D eigenvalue weighted by atomic mass is 10.1. The molecule has 1 aromatic rings. The maximum absolute atomic E-state index is 12.3. The Morgan fingerprint density at radius 1 is 1.43 bits per heavy atom. The van der Waals surface area contributed by atoms with Crippen LogP contribution in [0.4, 0.5) is 13.2 Å². The van der Waals surface area contributed by atoms with Gasteiger partial charge in [-0.2, -0.15) is 0 Å². The average molecular weight is 328 g/mol. The van der Waals surface area contributed by atoms with Crippen LogP contribution in [0, 0.1) is 0 Å². The van der Waals surface area contributed by atoms with Crippen LogP contribution in [0.15, 0.2) is 6.07 Å². The fourth-order valence-corrected chi connectivity index (χ4v) is 1.72. The van der Waals surface area contributed by atoms with Gasteiger partial charge in [-0.15, -0.1) is 24.8 Å². The monoisotopic (exact) mass is 327 g/mol. The number of pyridine rings is 1. The zero-order valence-electron chi connectivity index (χ0n) is 11.3. The van der Waals surface area contributed by atoms with E-state index in [1.54, 1.807) is 6.92 Å². The highest BCUT2D eigenvalue weighted by molar-refractivity contribution is 6.17. The van der Waals surface area contributed by atoms with E-state index in [2.05, 4.69) is 9.72 Å². The number of alkyl halides is 4. The van der Waals surface area contributed by atoms with Gasteiger partial charge in [-0.05, 0) is 13.0 Å². The van der Waals surface area contributed by atoms with E-state index < -0.39 is 18.1 Å². The van der Waals surface area contributed by atoms with Crippen molar-refractivity contribution in [1.82, 2.24) is 4.98 Å². The average Bonchev–Trinajstić information content (AvgIpc) is 2.37. The first-order valence-electron chi connectivity index (χ1n) is 5.84. The third-order valence-electron chi connectivity index (χ3n) is 2.29. The zero-order valence-corrected chi connectivity index (χ0v) is 12.0. The Hall–Kier alpha value is -1.70. The van der Waals surface area contributed by atoms with E-state index in [1.807, 2.05) is 0 Å². The molecule has 0 aliphatic carbocycles. The molecule has 0 saturated carbocycles. The normalized spacial score (nSPS) is 11.1. The molecule has 9 heteroatoms. The van der Waals surface area contributed by atoms with Crippen LogP contribution in [0.3, 0.4) is 0 Å². The van der Waals surface area contributed by atoms with Crippen molar-refractivity contribution >= 4 is 17.6 Å². The molecule has 1 aromatic heterocycles. The first-order valence-corrected chi connectivity index (χ1v) is 6.38. The van der Waals surface area contributed by atoms with Crippen LogP contribution in [0.2, 0.25) is 0 Å². The molecule has 0 aliphatic heterocycles. The summed E-state index contributed by atoms with van der Waals surface area (Å²) >= 11 is 5.54. The highest BCUT2D eigenvalue weighted by atomic mass is 35.5. The van der Waals surface area contributed by atoms with Crippen LogP contribution in [0.5, 0.6) is 11.6 Å². The van der Waals surface area contributed by atoms with Crippen LogP contribution in [-0.2, 0) is 21.8 Å². The number of ether oxygens (including phenoxy) is 3. The number of aromatic nitrogens is 1. The summed E-state index contributed by atoms with van der Waals surface area (Å²) in [6.07, 6.45) is -5.18. The second-order valence-corrected chi connectivity index (χ2v) is 4.03. The predicted molar refractivity (Wildman–Crippen MR) is 67.4 cm³/mol. The molecule has 0 saturated heterocycles. The number of rotatable bonds is 6. The summed E-state index contributed by atoms with van der Waals surface area (Å²) in [5, 5.41) is 0. The highest BCUT2D eigenvalue weighted by Crippen LogP contribution is 2.31. The van der Waals surface area contributed by atoms with Crippen molar-refractivity contribution < 1.29 is 32.2 Å². The van der Waals surface area contributed by atoms with E-state index in [9.17, 15) is 18.0 Å². The van der Waals surface area contributed by atoms with Gasteiger partial charge in [-0.1, -0.05) is 0 Å². The van der Waals surface area contributed by atoms with Gasteiger partial charge in [0.25, 0.3) is 0 Å². The number of hydrogen-bond donors (Lipinski definition) is 0. The summed E-state index contributed by atoms with van der Waals surface area (Å²) in [5.41, 5.74) is -0.0254. The van der Waals surface area contributed by atoms with Crippen molar-refractivity contribution in [3.63, 3.8) is 0 Å². The van der Waals surface area contributed by atoms with Gasteiger partial charge in [0.2, 0.25) is 5.88 Å². The van der Waals surface area contributed by atoms with Crippen molar-refractivity contribution in [1.29, 1.82) is 0 Å². The Morgan fingerprint density at radius 2 is 2.10 bits per heavy atom. The Kier molecular flexibility index (Phi) is 6.07. The number of carbonyl (C=O) groups excluding carboxylic acids is 1. The van der Waals surface area contributed by atoms with Gasteiger partial charge in [-0.3, -0.25) is 4.79 Å². The Bertz CT molecular complexity index is 508. The lowest BCUT2D eigenvalue weighted by Crippen LogP contribution is -2.19. The fraction of sp³-hybridized carbons (Fsp3) is 0.500. The number of hydrogen-bond acceptors (Lipinski definition) is 5. The van der Waals surface area contributed by atoms with Crippen molar-refractivity contribution in [3.8, 4) is 11.6 Å². The van der Waals surface area contributed by atoms with Crippen LogP contribution in [0.1, 0.15) is 18.2 Å². The largest absolute Gasteiger partial charge is 0.573 e. The maximum atomic E-state index is 12.3. The minimum Gasteiger partial charge on any atom is -0.481 e. The molecule has 0 fully saturated rings. The number of methoxy groups -OCH3 is 1. The first kappa shape index (κ1) is 17.4. The Morgan fingerprint density at radius 3 is 2.57 bits per heavy atom. The maximum Gasteiger partial charge on any atom is 0.573 e. The van der Waals surface area contributed by atoms with Gasteiger partial charge in [0.15, 0.2) is 5.75 Å². The molecule has 0 aliphatic rings. The molecule has 0 aromatic carbocycles. The van der Waals surface area contributed by atoms with E-state index in [0.717, 1.165) is 6.07 Å². The summed E-state index contributed by atoms with van der Waals surface area (Å²) in [5.74, 6) is -1.50. The van der Waals surface area contributed by atoms with Crippen LogP contribution >= 0.6 is 11.6 Å². The van der Waals surface area contributed by atoms with Gasteiger partial charge >= 0.3 is 12.3 Å². The molecule has 5 nitrogen and oxygen atoms in total. The number of halogens is 4. The lowest BCUT2D eigenvalue weighted by molar-refractivity contribution is -0.275. The topological polar surface area (TPSA) is 57.7 Å². The Labute approximate surface area is 124 Å². The fourth-order valence-electron chi connectivity index (χ4n) is 1.53. The number of nitrogens with zero attached hydrogens (tertiary/aromatic N) is 1. The smallest absolute Gasteiger partial charge is 0.481 e. The summed E-state index contributed by atoms with van der Waals surface area (Å²) < 4.78 is 50.5. The minimum absolute atomic E-state index is 0.00627. The molecule has 0 spiro atoms. The minimum atomic E-state index is -4.89. The molecule has 0 N–H and O–H groups in total. The quantitative estimate of drug-likeness (QED) is 0.594. The lowest BCUT2D eigenvalue weighted by Gasteiger charge is -2.15. The third-order valence-corrected chi connectivity index (χ3v) is 2.54. The summed E-state index contributed by atoms with van der Waals surface area (Å²) in [6.45, 7) is 1.77. The molecular formula is C12H13ClF3NO4. The van der Waals surface area contributed by atoms with Crippen molar-refractivity contribution in [2.45, 2.75) is 25.6 Å². The molecule has 1 rings (SSSR count). The standard InChI is InChI=1S/C12H13ClF3NO4/c1-3-20-10(18)5-7-4-9(21-12(14,15)16)8(6-13)17-11(7)19-2/h4H,3,5-6H2,1-2H3. The van der Waals surface area contributed by atoms with Crippen molar-refractivity contribution in [2.75, 3.05) is 13.7 Å². The van der Waals surface area contributed by atoms with Gasteiger partial charge in [0, 0.05) is 5.56 Å². The molecule has 21 heavy (non-hydrogen) atoms. The summed E-state index contributed by atoms with van der Waals surface area (Å²) in [7, 11) is 1.28. The van der Waals surface area contributed by atoms with Gasteiger partial charge in [-0.25, -0.2) is 4.98 Å².